The van der Waals surface area contributed by atoms with Gasteiger partial charge in [-0.1, -0.05) is 0 Å². The molecule has 0 bridgehead atoms. The van der Waals surface area contributed by atoms with Crippen LogP contribution in [0.4, 0.5) is 10.1 Å². The molecule has 0 unspecified atom stereocenters. The highest BCUT2D eigenvalue weighted by atomic mass is 19.1. The number of nitrogens with one attached hydrogen (secondary N) is 1. The van der Waals surface area contributed by atoms with E-state index in [-0.39, 0.29) is 12.5 Å². The number of amides is 1. The van der Waals surface area contributed by atoms with Crippen LogP contribution in [0.5, 0.6) is 0 Å². The number of likely N-dealkylation sites (tertiary alicyclic amines) is 1. The quantitative estimate of drug-likeness (QED) is 0.854. The number of alkyl halides is 1. The number of aromatic nitrogens is 1. The Bertz CT molecular complexity index is 544. The van der Waals surface area contributed by atoms with Gasteiger partial charge in [-0.05, 0) is 32.1 Å². The summed E-state index contributed by atoms with van der Waals surface area (Å²) in [5.41, 5.74) is 1.38. The fourth-order valence-electron chi connectivity index (χ4n) is 3.51. The van der Waals surface area contributed by atoms with Gasteiger partial charge in [-0.3, -0.25) is 9.69 Å². The summed E-state index contributed by atoms with van der Waals surface area (Å²) >= 11 is 0. The van der Waals surface area contributed by atoms with Gasteiger partial charge in [0.05, 0.1) is 11.9 Å². The summed E-state index contributed by atoms with van der Waals surface area (Å²) in [5.74, 6) is -0.325. The summed E-state index contributed by atoms with van der Waals surface area (Å²) in [4.78, 5) is 23.3. The Hall–Kier alpha value is -1.73. The first-order chi connectivity index (χ1) is 11.7. The van der Waals surface area contributed by atoms with Gasteiger partial charge < -0.3 is 15.1 Å². The maximum Gasteiger partial charge on any atom is 0.269 e. The largest absolute Gasteiger partial charge is 0.368 e. The zero-order valence-corrected chi connectivity index (χ0v) is 14.2. The van der Waals surface area contributed by atoms with Crippen molar-refractivity contribution < 1.29 is 9.18 Å². The standard InChI is InChI=1S/C17H26FN5O/c1-21-7-4-15(13-21)23-10-8-22(9-11-23)14-2-3-16(20-12-14)17(24)19-6-5-18/h2-3,12,15H,4-11,13H2,1H3,(H,19,24)/t15-/m1/s1. The maximum atomic E-state index is 12.1. The van der Waals surface area contributed by atoms with Gasteiger partial charge in [-0.25, -0.2) is 9.37 Å². The average molecular weight is 335 g/mol. The zero-order valence-electron chi connectivity index (χ0n) is 14.2. The molecule has 0 saturated carbocycles. The van der Waals surface area contributed by atoms with Crippen LogP contribution in [0.3, 0.4) is 0 Å². The smallest absolute Gasteiger partial charge is 0.269 e. The molecule has 1 aromatic heterocycles. The highest BCUT2D eigenvalue weighted by molar-refractivity contribution is 5.92. The van der Waals surface area contributed by atoms with Crippen molar-refractivity contribution in [3.05, 3.63) is 24.0 Å². The minimum absolute atomic E-state index is 0.0284. The monoisotopic (exact) mass is 335 g/mol. The van der Waals surface area contributed by atoms with Crippen molar-refractivity contribution in [3.8, 4) is 0 Å². The van der Waals surface area contributed by atoms with Crippen LogP contribution in [0.25, 0.3) is 0 Å². The normalized spacial score (nSPS) is 22.8. The molecule has 24 heavy (non-hydrogen) atoms. The predicted octanol–water partition coefficient (Wildman–Crippen LogP) is 0.607. The molecule has 0 spiro atoms. The molecule has 132 valence electrons. The summed E-state index contributed by atoms with van der Waals surface area (Å²) in [6, 6.07) is 4.33. The van der Waals surface area contributed by atoms with Gasteiger partial charge in [0.15, 0.2) is 0 Å². The van der Waals surface area contributed by atoms with Crippen LogP contribution < -0.4 is 10.2 Å². The summed E-state index contributed by atoms with van der Waals surface area (Å²) in [6.07, 6.45) is 3.00. The molecule has 2 saturated heterocycles. The van der Waals surface area contributed by atoms with E-state index in [9.17, 15) is 9.18 Å². The van der Waals surface area contributed by atoms with E-state index in [1.54, 1.807) is 12.3 Å². The van der Waals surface area contributed by atoms with Crippen LogP contribution in [0.15, 0.2) is 18.3 Å². The van der Waals surface area contributed by atoms with E-state index >= 15 is 0 Å². The lowest BCUT2D eigenvalue weighted by Crippen LogP contribution is -2.51. The van der Waals surface area contributed by atoms with Crippen LogP contribution in [-0.2, 0) is 0 Å². The van der Waals surface area contributed by atoms with Crippen molar-refractivity contribution in [2.75, 3.05) is 64.4 Å². The molecule has 1 amide bonds. The fourth-order valence-corrected chi connectivity index (χ4v) is 3.51. The first-order valence-corrected chi connectivity index (χ1v) is 8.65. The number of rotatable bonds is 5. The average Bonchev–Trinajstić information content (AvgIpc) is 3.06. The summed E-state index contributed by atoms with van der Waals surface area (Å²) in [6.45, 7) is 5.93. The third kappa shape index (κ3) is 4.02. The van der Waals surface area contributed by atoms with E-state index in [4.69, 9.17) is 0 Å². The SMILES string of the molecule is CN1CC[C@@H](N2CCN(c3ccc(C(=O)NCCF)nc3)CC2)C1. The lowest BCUT2D eigenvalue weighted by atomic mass is 10.2. The van der Waals surface area contributed by atoms with Gasteiger partial charge in [0.2, 0.25) is 0 Å². The second kappa shape index (κ2) is 7.90. The predicted molar refractivity (Wildman–Crippen MR) is 92.2 cm³/mol. The number of carbonyl (C=O) groups is 1. The number of nitrogens with zero attached hydrogens (tertiary/aromatic N) is 4. The molecule has 6 nitrogen and oxygen atoms in total. The number of likely N-dealkylation sites (N-methyl/N-ethyl adjacent to an activating group) is 1. The van der Waals surface area contributed by atoms with Crippen LogP contribution in [0.1, 0.15) is 16.9 Å². The molecule has 1 N–H and O–H groups in total. The first kappa shape index (κ1) is 17.1. The Morgan fingerprint density at radius 3 is 2.67 bits per heavy atom. The third-order valence-corrected chi connectivity index (χ3v) is 4.92. The highest BCUT2D eigenvalue weighted by Crippen LogP contribution is 2.20. The van der Waals surface area contributed by atoms with E-state index in [0.29, 0.717) is 11.7 Å². The molecule has 3 rings (SSSR count). The minimum atomic E-state index is -0.565. The van der Waals surface area contributed by atoms with Crippen molar-refractivity contribution in [2.45, 2.75) is 12.5 Å². The summed E-state index contributed by atoms with van der Waals surface area (Å²) in [7, 11) is 2.19. The number of piperazine rings is 1. The molecular formula is C17H26FN5O. The third-order valence-electron chi connectivity index (χ3n) is 4.92. The van der Waals surface area contributed by atoms with Crippen molar-refractivity contribution in [1.82, 2.24) is 20.1 Å². The Balaban J connectivity index is 1.52. The molecular weight excluding hydrogens is 309 g/mol. The number of anilines is 1. The minimum Gasteiger partial charge on any atom is -0.368 e. The Morgan fingerprint density at radius 1 is 1.29 bits per heavy atom. The highest BCUT2D eigenvalue weighted by Gasteiger charge is 2.28. The molecule has 2 fully saturated rings. The number of pyridine rings is 1. The van der Waals surface area contributed by atoms with E-state index in [1.807, 2.05) is 6.07 Å². The Labute approximate surface area is 142 Å². The Kier molecular flexibility index (Phi) is 5.63. The fraction of sp³-hybridized carbons (Fsp3) is 0.647. The van der Waals surface area contributed by atoms with Gasteiger partial charge in [-0.15, -0.1) is 0 Å². The van der Waals surface area contributed by atoms with Gasteiger partial charge in [0.1, 0.15) is 12.4 Å². The molecule has 0 radical (unpaired) electrons. The van der Waals surface area contributed by atoms with Crippen molar-refractivity contribution in [1.29, 1.82) is 0 Å². The van der Waals surface area contributed by atoms with Gasteiger partial charge in [0, 0.05) is 45.3 Å². The zero-order chi connectivity index (χ0) is 16.9. The molecule has 0 aromatic carbocycles. The van der Waals surface area contributed by atoms with Crippen molar-refractivity contribution in [2.24, 2.45) is 0 Å². The van der Waals surface area contributed by atoms with Crippen molar-refractivity contribution >= 4 is 11.6 Å². The number of carbonyl (C=O) groups excluding carboxylic acids is 1. The van der Waals surface area contributed by atoms with Gasteiger partial charge in [0.25, 0.3) is 5.91 Å². The van der Waals surface area contributed by atoms with E-state index < -0.39 is 6.67 Å². The molecule has 3 heterocycles. The van der Waals surface area contributed by atoms with Crippen molar-refractivity contribution in [3.63, 3.8) is 0 Å². The number of hydrogen-bond donors (Lipinski definition) is 1. The topological polar surface area (TPSA) is 51.7 Å². The molecule has 2 aliphatic heterocycles. The maximum absolute atomic E-state index is 12.1. The van der Waals surface area contributed by atoms with E-state index in [2.05, 4.69) is 32.0 Å². The van der Waals surface area contributed by atoms with E-state index in [0.717, 1.165) is 31.9 Å². The van der Waals surface area contributed by atoms with Crippen LogP contribution in [-0.4, -0.2) is 86.3 Å². The molecule has 7 heteroatoms. The lowest BCUT2D eigenvalue weighted by molar-refractivity contribution is 0.0946. The molecule has 1 aromatic rings. The number of halogens is 1. The Morgan fingerprint density at radius 2 is 2.08 bits per heavy atom. The second-order valence-corrected chi connectivity index (χ2v) is 6.57. The molecule has 0 aliphatic carbocycles. The van der Waals surface area contributed by atoms with Crippen LogP contribution in [0.2, 0.25) is 0 Å². The summed E-state index contributed by atoms with van der Waals surface area (Å²) in [5, 5.41) is 2.49. The van der Waals surface area contributed by atoms with Gasteiger partial charge >= 0.3 is 0 Å². The van der Waals surface area contributed by atoms with Crippen LogP contribution >= 0.6 is 0 Å². The summed E-state index contributed by atoms with van der Waals surface area (Å²) < 4.78 is 12.1. The van der Waals surface area contributed by atoms with E-state index in [1.165, 1.54) is 19.5 Å². The van der Waals surface area contributed by atoms with Gasteiger partial charge in [-0.2, -0.15) is 0 Å². The molecule has 1 atom stereocenters. The molecule has 2 aliphatic rings. The first-order valence-electron chi connectivity index (χ1n) is 8.65. The number of hydrogen-bond acceptors (Lipinski definition) is 5. The lowest BCUT2D eigenvalue weighted by Gasteiger charge is -2.39. The second-order valence-electron chi connectivity index (χ2n) is 6.57. The van der Waals surface area contributed by atoms with Crippen LogP contribution in [0, 0.1) is 0 Å².